The van der Waals surface area contributed by atoms with E-state index in [1.165, 1.54) is 0 Å². The molecule has 0 aromatic heterocycles. The second kappa shape index (κ2) is 9.82. The summed E-state index contributed by atoms with van der Waals surface area (Å²) in [5.41, 5.74) is 0. The highest BCUT2D eigenvalue weighted by atomic mass is 127. The average Bonchev–Trinajstić information content (AvgIpc) is 2.35. The zero-order valence-corrected chi connectivity index (χ0v) is 22.2. The summed E-state index contributed by atoms with van der Waals surface area (Å²) in [5.74, 6) is 0. The third-order valence-electron chi connectivity index (χ3n) is 5.75. The van der Waals surface area contributed by atoms with Crippen LogP contribution in [0.2, 0.25) is 36.3 Å². The van der Waals surface area contributed by atoms with Gasteiger partial charge in [-0.15, -0.1) is 0 Å². The molecule has 1 N–H and O–H groups in total. The van der Waals surface area contributed by atoms with Crippen LogP contribution in [0.15, 0.2) is 10.2 Å². The van der Waals surface area contributed by atoms with Crippen molar-refractivity contribution in [2.75, 3.05) is 6.61 Å². The summed E-state index contributed by atoms with van der Waals surface area (Å²) in [6.45, 7) is 22.8. The molecule has 6 heteroatoms. The van der Waals surface area contributed by atoms with Crippen LogP contribution in [0.25, 0.3) is 0 Å². The lowest BCUT2D eigenvalue weighted by Crippen LogP contribution is -2.47. The van der Waals surface area contributed by atoms with Gasteiger partial charge >= 0.3 is 0 Å². The van der Waals surface area contributed by atoms with E-state index >= 15 is 0 Å². The molecule has 150 valence electrons. The van der Waals surface area contributed by atoms with Crippen molar-refractivity contribution >= 4 is 39.2 Å². The highest BCUT2D eigenvalue weighted by Crippen LogP contribution is 2.40. The summed E-state index contributed by atoms with van der Waals surface area (Å²) < 4.78 is 15.3. The van der Waals surface area contributed by atoms with Gasteiger partial charge in [0.05, 0.1) is 6.10 Å². The van der Waals surface area contributed by atoms with E-state index in [0.29, 0.717) is 6.42 Å². The van der Waals surface area contributed by atoms with Crippen LogP contribution < -0.4 is 0 Å². The number of rotatable bonds is 9. The van der Waals surface area contributed by atoms with E-state index in [9.17, 15) is 5.11 Å². The van der Waals surface area contributed by atoms with Gasteiger partial charge in [-0.1, -0.05) is 70.2 Å². The van der Waals surface area contributed by atoms with E-state index in [1.54, 1.807) is 0 Å². The smallest absolute Gasteiger partial charge is 0.192 e. The molecular formula is C19H41IO3Si2. The maximum atomic E-state index is 9.52. The Morgan fingerprint density at radius 3 is 1.72 bits per heavy atom. The highest BCUT2D eigenvalue weighted by Gasteiger charge is 2.41. The third kappa shape index (κ3) is 8.55. The predicted octanol–water partition coefficient (Wildman–Crippen LogP) is 6.49. The van der Waals surface area contributed by atoms with E-state index in [-0.39, 0.29) is 28.9 Å². The van der Waals surface area contributed by atoms with Crippen molar-refractivity contribution in [3.63, 3.8) is 0 Å². The van der Waals surface area contributed by atoms with E-state index in [4.69, 9.17) is 8.85 Å². The lowest BCUT2D eigenvalue weighted by Gasteiger charge is -2.42. The number of aliphatic hydroxyl groups excluding tert-OH is 1. The molecule has 0 amide bonds. The van der Waals surface area contributed by atoms with Crippen molar-refractivity contribution in [1.29, 1.82) is 0 Å². The van der Waals surface area contributed by atoms with Crippen LogP contribution in [0.1, 0.15) is 54.4 Å². The van der Waals surface area contributed by atoms with Gasteiger partial charge in [-0.2, -0.15) is 0 Å². The van der Waals surface area contributed by atoms with Crippen molar-refractivity contribution in [3.8, 4) is 0 Å². The molecule has 3 nitrogen and oxygen atoms in total. The standard InChI is InChI=1S/C19H41IO3Si2/c1-18(2,3)24(7,8)22-16(11-13-20)15-17(12-14-21)23-25(9,10)19(4,5)6/h11,13,16-17,21H,12,14-15H2,1-10H3/b13-11+/t16-,17-/m0/s1. The number of aliphatic hydroxyl groups is 1. The summed E-state index contributed by atoms with van der Waals surface area (Å²) in [7, 11) is -3.72. The minimum atomic E-state index is -1.87. The van der Waals surface area contributed by atoms with Crippen LogP contribution in [0.3, 0.4) is 0 Å². The molecule has 0 spiro atoms. The van der Waals surface area contributed by atoms with Gasteiger partial charge in [-0.05, 0) is 46.8 Å². The minimum Gasteiger partial charge on any atom is -0.414 e. The fourth-order valence-electron chi connectivity index (χ4n) is 2.02. The normalized spacial score (nSPS) is 17.1. The number of halogens is 1. The quantitative estimate of drug-likeness (QED) is 0.291. The Morgan fingerprint density at radius 2 is 1.36 bits per heavy atom. The Bertz CT molecular complexity index is 423. The fourth-order valence-corrected chi connectivity index (χ4v) is 5.17. The Balaban J connectivity index is 5.28. The third-order valence-corrected chi connectivity index (χ3v) is 15.2. The van der Waals surface area contributed by atoms with E-state index < -0.39 is 16.6 Å². The van der Waals surface area contributed by atoms with Crippen LogP contribution >= 0.6 is 22.6 Å². The summed E-state index contributed by atoms with van der Waals surface area (Å²) in [4.78, 5) is 0. The van der Waals surface area contributed by atoms with Crippen LogP contribution in [-0.4, -0.2) is 40.6 Å². The molecule has 0 saturated heterocycles. The fraction of sp³-hybridized carbons (Fsp3) is 0.895. The molecule has 0 aliphatic carbocycles. The molecule has 25 heavy (non-hydrogen) atoms. The van der Waals surface area contributed by atoms with Gasteiger partial charge in [0.15, 0.2) is 16.6 Å². The molecule has 0 radical (unpaired) electrons. The monoisotopic (exact) mass is 500 g/mol. The van der Waals surface area contributed by atoms with Gasteiger partial charge in [0.1, 0.15) is 0 Å². The molecule has 0 aliphatic rings. The van der Waals surface area contributed by atoms with Crippen LogP contribution in [0.4, 0.5) is 0 Å². The van der Waals surface area contributed by atoms with Crippen molar-refractivity contribution < 1.29 is 14.0 Å². The summed E-state index contributed by atoms with van der Waals surface area (Å²) in [6, 6.07) is 0. The molecule has 0 unspecified atom stereocenters. The Hall–Kier alpha value is 0.784. The topological polar surface area (TPSA) is 38.7 Å². The van der Waals surface area contributed by atoms with Gasteiger partial charge in [-0.3, -0.25) is 0 Å². The molecule has 2 atom stereocenters. The molecule has 0 saturated carbocycles. The molecule has 0 rings (SSSR count). The first-order valence-electron chi connectivity index (χ1n) is 9.31. The summed E-state index contributed by atoms with van der Waals surface area (Å²) in [6.07, 6.45) is 3.69. The molecule has 0 heterocycles. The Labute approximate surface area is 172 Å². The van der Waals surface area contributed by atoms with Crippen LogP contribution in [0, 0.1) is 0 Å². The summed E-state index contributed by atoms with van der Waals surface area (Å²) in [5, 5.41) is 9.86. The van der Waals surface area contributed by atoms with Gasteiger partial charge in [0, 0.05) is 19.1 Å². The zero-order valence-electron chi connectivity index (χ0n) is 18.1. The van der Waals surface area contributed by atoms with Crippen molar-refractivity contribution in [2.45, 2.75) is 103 Å². The van der Waals surface area contributed by atoms with Crippen LogP contribution in [0.5, 0.6) is 0 Å². The molecule has 0 aromatic carbocycles. The van der Waals surface area contributed by atoms with E-state index in [2.05, 4.69) is 96.4 Å². The molecule has 0 aromatic rings. The van der Waals surface area contributed by atoms with Gasteiger partial charge in [-0.25, -0.2) is 0 Å². The number of hydrogen-bond acceptors (Lipinski definition) is 3. The maximum Gasteiger partial charge on any atom is 0.192 e. The highest BCUT2D eigenvalue weighted by molar-refractivity contribution is 14.1. The predicted molar refractivity (Wildman–Crippen MR) is 124 cm³/mol. The first-order chi connectivity index (χ1) is 11.1. The largest absolute Gasteiger partial charge is 0.414 e. The molecule has 0 fully saturated rings. The average molecular weight is 501 g/mol. The lowest BCUT2D eigenvalue weighted by atomic mass is 10.1. The van der Waals surface area contributed by atoms with Gasteiger partial charge in [0.25, 0.3) is 0 Å². The second-order valence-electron chi connectivity index (χ2n) is 9.98. The lowest BCUT2D eigenvalue weighted by molar-refractivity contribution is 0.0923. The van der Waals surface area contributed by atoms with Crippen molar-refractivity contribution in [3.05, 3.63) is 10.2 Å². The Kier molecular flexibility index (Phi) is 10.1. The van der Waals surface area contributed by atoms with Crippen LogP contribution in [-0.2, 0) is 8.85 Å². The first-order valence-corrected chi connectivity index (χ1v) is 16.4. The molecule has 0 aliphatic heterocycles. The first kappa shape index (κ1) is 25.8. The van der Waals surface area contributed by atoms with Crippen molar-refractivity contribution in [1.82, 2.24) is 0 Å². The number of hydrogen-bond donors (Lipinski definition) is 1. The van der Waals surface area contributed by atoms with E-state index in [1.807, 2.05) is 4.08 Å². The second-order valence-corrected chi connectivity index (χ2v) is 20.2. The summed E-state index contributed by atoms with van der Waals surface area (Å²) >= 11 is 2.26. The molecule has 0 bridgehead atoms. The maximum absolute atomic E-state index is 9.52. The van der Waals surface area contributed by atoms with E-state index in [0.717, 1.165) is 6.42 Å². The van der Waals surface area contributed by atoms with Gasteiger partial charge in [0.2, 0.25) is 0 Å². The van der Waals surface area contributed by atoms with Crippen molar-refractivity contribution in [2.24, 2.45) is 0 Å². The Morgan fingerprint density at radius 1 is 0.920 bits per heavy atom. The van der Waals surface area contributed by atoms with Gasteiger partial charge < -0.3 is 14.0 Å². The molecular weight excluding hydrogens is 459 g/mol. The zero-order chi connectivity index (χ0) is 20.1. The SMILES string of the molecule is CC(C)(C)[Si](C)(C)O[C@@H](CCO)C[C@H](/C=C/I)O[Si](C)(C)C(C)(C)C. The minimum absolute atomic E-state index is 0.0354.